The van der Waals surface area contributed by atoms with Crippen molar-refractivity contribution < 1.29 is 14.3 Å². The number of rotatable bonds is 2. The van der Waals surface area contributed by atoms with Gasteiger partial charge in [-0.25, -0.2) is 0 Å². The van der Waals surface area contributed by atoms with E-state index >= 15 is 0 Å². The molecule has 2 aromatic rings. The Morgan fingerprint density at radius 1 is 1.43 bits per heavy atom. The number of hydrogen-bond acceptors (Lipinski definition) is 3. The van der Waals surface area contributed by atoms with E-state index in [0.717, 1.165) is 5.39 Å². The molecule has 0 radical (unpaired) electrons. The van der Waals surface area contributed by atoms with Gasteiger partial charge in [0.05, 0.1) is 6.26 Å². The molecular formula is C10H9NO3. The zero-order valence-electron chi connectivity index (χ0n) is 7.31. The molecule has 0 fully saturated rings. The van der Waals surface area contributed by atoms with Crippen molar-refractivity contribution in [1.82, 2.24) is 0 Å². The first-order chi connectivity index (χ1) is 6.70. The third kappa shape index (κ3) is 1.25. The Hall–Kier alpha value is -1.81. The number of fused-ring (bicyclic) bond motifs is 1. The summed E-state index contributed by atoms with van der Waals surface area (Å²) >= 11 is 0. The van der Waals surface area contributed by atoms with Gasteiger partial charge in [-0.3, -0.25) is 4.79 Å². The zero-order chi connectivity index (χ0) is 10.1. The molecule has 0 saturated heterocycles. The number of nitrogens with two attached hydrogens (primary N) is 1. The van der Waals surface area contributed by atoms with Gasteiger partial charge in [0.15, 0.2) is 0 Å². The third-order valence-electron chi connectivity index (χ3n) is 2.13. The summed E-state index contributed by atoms with van der Waals surface area (Å²) in [5, 5.41) is 9.53. The minimum atomic E-state index is -1.04. The minimum Gasteiger partial charge on any atom is -0.480 e. The first-order valence-electron chi connectivity index (χ1n) is 4.14. The van der Waals surface area contributed by atoms with Gasteiger partial charge in [-0.1, -0.05) is 12.1 Å². The van der Waals surface area contributed by atoms with E-state index < -0.39 is 12.0 Å². The highest BCUT2D eigenvalue weighted by atomic mass is 16.4. The fourth-order valence-electron chi connectivity index (χ4n) is 1.42. The number of carbonyl (C=O) groups is 1. The van der Waals surface area contributed by atoms with Gasteiger partial charge < -0.3 is 15.3 Å². The van der Waals surface area contributed by atoms with E-state index in [2.05, 4.69) is 0 Å². The van der Waals surface area contributed by atoms with Crippen LogP contribution in [0.5, 0.6) is 0 Å². The average Bonchev–Trinajstić information content (AvgIpc) is 2.63. The molecule has 1 heterocycles. The Balaban J connectivity index is 2.61. The van der Waals surface area contributed by atoms with E-state index in [0.29, 0.717) is 11.1 Å². The molecule has 4 nitrogen and oxygen atoms in total. The van der Waals surface area contributed by atoms with Crippen LogP contribution >= 0.6 is 0 Å². The van der Waals surface area contributed by atoms with Crippen LogP contribution in [0.25, 0.3) is 11.0 Å². The van der Waals surface area contributed by atoms with Crippen LogP contribution in [0.1, 0.15) is 11.6 Å². The second-order valence-electron chi connectivity index (χ2n) is 3.00. The van der Waals surface area contributed by atoms with Crippen LogP contribution in [0, 0.1) is 0 Å². The molecule has 1 aromatic heterocycles. The molecule has 1 aromatic carbocycles. The molecular weight excluding hydrogens is 182 g/mol. The van der Waals surface area contributed by atoms with Crippen LogP contribution in [0.15, 0.2) is 34.9 Å². The first kappa shape index (κ1) is 8.77. The highest BCUT2D eigenvalue weighted by Crippen LogP contribution is 2.23. The maximum absolute atomic E-state index is 10.7. The molecule has 14 heavy (non-hydrogen) atoms. The van der Waals surface area contributed by atoms with Crippen LogP contribution in [0.2, 0.25) is 0 Å². The molecule has 0 aliphatic heterocycles. The smallest absolute Gasteiger partial charge is 0.325 e. The van der Waals surface area contributed by atoms with Crippen molar-refractivity contribution in [3.8, 4) is 0 Å². The molecule has 0 spiro atoms. The Bertz CT molecular complexity index is 475. The fourth-order valence-corrected chi connectivity index (χ4v) is 1.42. The summed E-state index contributed by atoms with van der Waals surface area (Å²) in [7, 11) is 0. The van der Waals surface area contributed by atoms with Crippen LogP contribution in [-0.2, 0) is 4.79 Å². The molecule has 0 bridgehead atoms. The van der Waals surface area contributed by atoms with E-state index in [9.17, 15) is 4.79 Å². The minimum absolute atomic E-state index is 0.573. The number of hydrogen-bond donors (Lipinski definition) is 2. The van der Waals surface area contributed by atoms with Crippen molar-refractivity contribution in [2.24, 2.45) is 5.73 Å². The summed E-state index contributed by atoms with van der Waals surface area (Å²) in [5.74, 6) is -1.04. The number of benzene rings is 1. The topological polar surface area (TPSA) is 76.5 Å². The normalized spacial score (nSPS) is 12.9. The van der Waals surface area contributed by atoms with Gasteiger partial charge in [-0.05, 0) is 17.7 Å². The highest BCUT2D eigenvalue weighted by Gasteiger charge is 2.17. The number of carboxylic acids is 1. The van der Waals surface area contributed by atoms with Crippen LogP contribution in [-0.4, -0.2) is 11.1 Å². The molecule has 1 unspecified atom stereocenters. The third-order valence-corrected chi connectivity index (χ3v) is 2.13. The molecule has 1 atom stereocenters. The summed E-state index contributed by atoms with van der Waals surface area (Å²) in [6.07, 6.45) is 1.52. The lowest BCUT2D eigenvalue weighted by Crippen LogP contribution is -2.20. The van der Waals surface area contributed by atoms with Gasteiger partial charge in [-0.15, -0.1) is 0 Å². The van der Waals surface area contributed by atoms with Crippen molar-refractivity contribution in [3.05, 3.63) is 36.1 Å². The van der Waals surface area contributed by atoms with E-state index in [1.54, 1.807) is 24.3 Å². The van der Waals surface area contributed by atoms with Gasteiger partial charge in [0.25, 0.3) is 0 Å². The second kappa shape index (κ2) is 3.16. The standard InChI is InChI=1S/C10H9NO3/c11-9(10(12)13)7-2-1-3-8-6(7)4-5-14-8/h1-5,9H,11H2,(H,12,13). The van der Waals surface area contributed by atoms with Gasteiger partial charge in [0, 0.05) is 5.39 Å². The maximum Gasteiger partial charge on any atom is 0.325 e. The average molecular weight is 191 g/mol. The molecule has 0 amide bonds. The maximum atomic E-state index is 10.7. The predicted molar refractivity (Wildman–Crippen MR) is 50.8 cm³/mol. The SMILES string of the molecule is NC(C(=O)O)c1cccc2occc12. The first-order valence-corrected chi connectivity index (χ1v) is 4.14. The van der Waals surface area contributed by atoms with E-state index in [4.69, 9.17) is 15.3 Å². The number of furan rings is 1. The van der Waals surface area contributed by atoms with Gasteiger partial charge in [0.2, 0.25) is 0 Å². The van der Waals surface area contributed by atoms with E-state index in [-0.39, 0.29) is 0 Å². The molecule has 0 aliphatic rings. The monoisotopic (exact) mass is 191 g/mol. The summed E-state index contributed by atoms with van der Waals surface area (Å²) in [4.78, 5) is 10.7. The highest BCUT2D eigenvalue weighted by molar-refractivity contribution is 5.87. The largest absolute Gasteiger partial charge is 0.480 e. The zero-order valence-corrected chi connectivity index (χ0v) is 7.31. The summed E-state index contributed by atoms with van der Waals surface area (Å²) < 4.78 is 5.14. The Kier molecular flexibility index (Phi) is 1.98. The van der Waals surface area contributed by atoms with Crippen molar-refractivity contribution in [1.29, 1.82) is 0 Å². The van der Waals surface area contributed by atoms with Crippen molar-refractivity contribution in [2.75, 3.05) is 0 Å². The van der Waals surface area contributed by atoms with Gasteiger partial charge in [0.1, 0.15) is 11.6 Å². The quantitative estimate of drug-likeness (QED) is 0.754. The number of aliphatic carboxylic acids is 1. The predicted octanol–water partition coefficient (Wildman–Crippen LogP) is 1.52. The Labute approximate surface area is 79.9 Å². The second-order valence-corrected chi connectivity index (χ2v) is 3.00. The van der Waals surface area contributed by atoms with Gasteiger partial charge >= 0.3 is 5.97 Å². The van der Waals surface area contributed by atoms with Crippen LogP contribution in [0.3, 0.4) is 0 Å². The fraction of sp³-hybridized carbons (Fsp3) is 0.100. The van der Waals surface area contributed by atoms with Crippen molar-refractivity contribution in [3.63, 3.8) is 0 Å². The molecule has 4 heteroatoms. The molecule has 0 saturated carbocycles. The Morgan fingerprint density at radius 3 is 2.93 bits per heavy atom. The van der Waals surface area contributed by atoms with Gasteiger partial charge in [-0.2, -0.15) is 0 Å². The lowest BCUT2D eigenvalue weighted by atomic mass is 10.0. The Morgan fingerprint density at radius 2 is 2.21 bits per heavy atom. The van der Waals surface area contributed by atoms with Crippen LogP contribution < -0.4 is 5.73 Å². The summed E-state index contributed by atoms with van der Waals surface area (Å²) in [6.45, 7) is 0. The molecule has 0 aliphatic carbocycles. The van der Waals surface area contributed by atoms with Crippen LogP contribution in [0.4, 0.5) is 0 Å². The van der Waals surface area contributed by atoms with E-state index in [1.165, 1.54) is 6.26 Å². The van der Waals surface area contributed by atoms with E-state index in [1.807, 2.05) is 0 Å². The van der Waals surface area contributed by atoms with Crippen molar-refractivity contribution in [2.45, 2.75) is 6.04 Å². The summed E-state index contributed by atoms with van der Waals surface area (Å²) in [6, 6.07) is 5.90. The molecule has 2 rings (SSSR count). The summed E-state index contributed by atoms with van der Waals surface area (Å²) in [5.41, 5.74) is 6.75. The lowest BCUT2D eigenvalue weighted by Gasteiger charge is -2.06. The lowest BCUT2D eigenvalue weighted by molar-refractivity contribution is -0.138. The molecule has 3 N–H and O–H groups in total. The number of carboxylic acid groups (broad SMARTS) is 1. The van der Waals surface area contributed by atoms with Crippen molar-refractivity contribution >= 4 is 16.9 Å². The molecule has 72 valence electrons.